The average Bonchev–Trinajstić information content (AvgIpc) is 2.84. The summed E-state index contributed by atoms with van der Waals surface area (Å²) in [6.07, 6.45) is 9.76. The van der Waals surface area contributed by atoms with Gasteiger partial charge in [0.2, 0.25) is 0 Å². The highest BCUT2D eigenvalue weighted by Gasteiger charge is 2.34. The first-order valence-corrected chi connectivity index (χ1v) is 8.64. The highest BCUT2D eigenvalue weighted by Crippen LogP contribution is 2.33. The maximum atomic E-state index is 10.6. The smallest absolute Gasteiger partial charge is 0.0774 e. The van der Waals surface area contributed by atoms with Crippen molar-refractivity contribution in [2.24, 2.45) is 11.8 Å². The van der Waals surface area contributed by atoms with E-state index in [9.17, 15) is 5.11 Å². The molecule has 2 rings (SSSR count). The van der Waals surface area contributed by atoms with E-state index in [1.807, 2.05) is 0 Å². The van der Waals surface area contributed by atoms with E-state index in [1.165, 1.54) is 38.5 Å². The van der Waals surface area contributed by atoms with E-state index in [1.54, 1.807) is 0 Å². The van der Waals surface area contributed by atoms with E-state index < -0.39 is 5.60 Å². The van der Waals surface area contributed by atoms with Crippen molar-refractivity contribution in [1.29, 1.82) is 0 Å². The lowest BCUT2D eigenvalue weighted by atomic mass is 9.76. The van der Waals surface area contributed by atoms with Gasteiger partial charge in [-0.25, -0.2) is 0 Å². The summed E-state index contributed by atoms with van der Waals surface area (Å²) < 4.78 is 0. The van der Waals surface area contributed by atoms with Crippen LogP contribution in [0.5, 0.6) is 0 Å². The average molecular weight is 282 g/mol. The molecule has 0 amide bonds. The molecule has 3 nitrogen and oxygen atoms in total. The molecule has 0 radical (unpaired) electrons. The van der Waals surface area contributed by atoms with Gasteiger partial charge in [-0.2, -0.15) is 0 Å². The fourth-order valence-corrected chi connectivity index (χ4v) is 4.47. The van der Waals surface area contributed by atoms with E-state index in [2.05, 4.69) is 31.2 Å². The number of aliphatic hydroxyl groups is 1. The van der Waals surface area contributed by atoms with Crippen LogP contribution in [0.15, 0.2) is 0 Å². The van der Waals surface area contributed by atoms with Crippen molar-refractivity contribution >= 4 is 0 Å². The Labute approximate surface area is 125 Å². The van der Waals surface area contributed by atoms with Gasteiger partial charge in [-0.1, -0.05) is 26.2 Å². The number of nitrogens with zero attached hydrogens (tertiary/aromatic N) is 1. The summed E-state index contributed by atoms with van der Waals surface area (Å²) in [6, 6.07) is 0.665. The maximum absolute atomic E-state index is 10.6. The fourth-order valence-electron chi connectivity index (χ4n) is 4.47. The highest BCUT2D eigenvalue weighted by atomic mass is 16.3. The molecular formula is C17H34N2O. The second-order valence-electron chi connectivity index (χ2n) is 7.37. The predicted octanol–water partition coefficient (Wildman–Crippen LogP) is 2.64. The van der Waals surface area contributed by atoms with Gasteiger partial charge in [-0.3, -0.25) is 0 Å². The van der Waals surface area contributed by atoms with Gasteiger partial charge < -0.3 is 15.3 Å². The van der Waals surface area contributed by atoms with Crippen molar-refractivity contribution in [3.05, 3.63) is 0 Å². The lowest BCUT2D eigenvalue weighted by molar-refractivity contribution is 0.00853. The molecule has 0 aromatic rings. The van der Waals surface area contributed by atoms with Gasteiger partial charge >= 0.3 is 0 Å². The Bertz CT molecular complexity index is 289. The molecule has 3 unspecified atom stereocenters. The standard InChI is InChI=1S/C17H34N2O/c1-4-14-7-8-16(18-2)15(11-14)12-19(3)13-17(20)9-5-6-10-17/h14-16,18,20H,4-13H2,1-3H3. The van der Waals surface area contributed by atoms with Crippen molar-refractivity contribution in [1.82, 2.24) is 10.2 Å². The van der Waals surface area contributed by atoms with Crippen LogP contribution in [-0.2, 0) is 0 Å². The molecule has 20 heavy (non-hydrogen) atoms. The number of hydrogen-bond acceptors (Lipinski definition) is 3. The van der Waals surface area contributed by atoms with Crippen LogP contribution in [0.3, 0.4) is 0 Å². The van der Waals surface area contributed by atoms with Crippen molar-refractivity contribution in [3.8, 4) is 0 Å². The summed E-state index contributed by atoms with van der Waals surface area (Å²) >= 11 is 0. The zero-order valence-electron chi connectivity index (χ0n) is 13.7. The minimum atomic E-state index is -0.400. The Hall–Kier alpha value is -0.120. The Morgan fingerprint density at radius 2 is 1.95 bits per heavy atom. The topological polar surface area (TPSA) is 35.5 Å². The molecule has 3 heteroatoms. The number of hydrogen-bond donors (Lipinski definition) is 2. The molecule has 2 fully saturated rings. The molecule has 3 atom stereocenters. The van der Waals surface area contributed by atoms with Crippen LogP contribution >= 0.6 is 0 Å². The van der Waals surface area contributed by atoms with Crippen molar-refractivity contribution in [2.75, 3.05) is 27.2 Å². The van der Waals surface area contributed by atoms with Gasteiger partial charge in [-0.15, -0.1) is 0 Å². The molecule has 2 aliphatic carbocycles. The Morgan fingerprint density at radius 1 is 1.25 bits per heavy atom. The molecule has 0 aromatic heterocycles. The van der Waals surface area contributed by atoms with Gasteiger partial charge in [0.1, 0.15) is 0 Å². The molecule has 0 spiro atoms. The summed E-state index contributed by atoms with van der Waals surface area (Å²) in [7, 11) is 4.30. The van der Waals surface area contributed by atoms with Crippen molar-refractivity contribution in [2.45, 2.75) is 69.9 Å². The summed E-state index contributed by atoms with van der Waals surface area (Å²) in [6.45, 7) is 4.31. The Balaban J connectivity index is 1.85. The fraction of sp³-hybridized carbons (Fsp3) is 1.00. The normalized spacial score (nSPS) is 33.8. The molecule has 2 saturated carbocycles. The minimum absolute atomic E-state index is 0.400. The monoisotopic (exact) mass is 282 g/mol. The van der Waals surface area contributed by atoms with E-state index >= 15 is 0 Å². The first kappa shape index (κ1) is 16.3. The number of nitrogens with one attached hydrogen (secondary N) is 1. The van der Waals surface area contributed by atoms with Crippen LogP contribution in [0.1, 0.15) is 58.3 Å². The van der Waals surface area contributed by atoms with Gasteiger partial charge in [0, 0.05) is 19.1 Å². The predicted molar refractivity (Wildman–Crippen MR) is 84.9 cm³/mol. The van der Waals surface area contributed by atoms with E-state index in [0.717, 1.165) is 37.8 Å². The van der Waals surface area contributed by atoms with E-state index in [-0.39, 0.29) is 0 Å². The Kier molecular flexibility index (Phi) is 5.88. The van der Waals surface area contributed by atoms with Crippen molar-refractivity contribution < 1.29 is 5.11 Å². The number of rotatable bonds is 6. The first-order valence-electron chi connectivity index (χ1n) is 8.64. The van der Waals surface area contributed by atoms with Crippen LogP contribution in [0.2, 0.25) is 0 Å². The molecule has 2 aliphatic rings. The maximum Gasteiger partial charge on any atom is 0.0774 e. The summed E-state index contributed by atoms with van der Waals surface area (Å²) in [5.74, 6) is 1.65. The summed E-state index contributed by atoms with van der Waals surface area (Å²) in [5, 5.41) is 14.1. The Morgan fingerprint density at radius 3 is 2.55 bits per heavy atom. The molecule has 0 saturated heterocycles. The van der Waals surface area contributed by atoms with Gasteiger partial charge in [0.15, 0.2) is 0 Å². The summed E-state index contributed by atoms with van der Waals surface area (Å²) in [4.78, 5) is 2.39. The third-order valence-electron chi connectivity index (χ3n) is 5.68. The van der Waals surface area contributed by atoms with E-state index in [4.69, 9.17) is 0 Å². The molecule has 0 heterocycles. The van der Waals surface area contributed by atoms with Crippen LogP contribution in [-0.4, -0.2) is 48.8 Å². The quantitative estimate of drug-likeness (QED) is 0.786. The highest BCUT2D eigenvalue weighted by molar-refractivity contribution is 4.89. The van der Waals surface area contributed by atoms with E-state index in [0.29, 0.717) is 6.04 Å². The molecule has 118 valence electrons. The second kappa shape index (κ2) is 7.24. The lowest BCUT2D eigenvalue weighted by Crippen LogP contribution is -2.47. The largest absolute Gasteiger partial charge is 0.389 e. The van der Waals surface area contributed by atoms with Gasteiger partial charge in [0.25, 0.3) is 0 Å². The molecule has 0 aromatic carbocycles. The zero-order valence-corrected chi connectivity index (χ0v) is 13.7. The van der Waals surface area contributed by atoms with Crippen LogP contribution in [0.25, 0.3) is 0 Å². The molecular weight excluding hydrogens is 248 g/mol. The van der Waals surface area contributed by atoms with Crippen LogP contribution in [0.4, 0.5) is 0 Å². The molecule has 2 N–H and O–H groups in total. The van der Waals surface area contributed by atoms with Crippen molar-refractivity contribution in [3.63, 3.8) is 0 Å². The SMILES string of the molecule is CCC1CCC(NC)C(CN(C)CC2(O)CCCC2)C1. The second-order valence-corrected chi connectivity index (χ2v) is 7.37. The van der Waals surface area contributed by atoms with Gasteiger partial charge in [-0.05, 0) is 58.0 Å². The third-order valence-corrected chi connectivity index (χ3v) is 5.68. The number of likely N-dealkylation sites (N-methyl/N-ethyl adjacent to an activating group) is 1. The van der Waals surface area contributed by atoms with Crippen LogP contribution in [0, 0.1) is 11.8 Å². The summed E-state index contributed by atoms with van der Waals surface area (Å²) in [5.41, 5.74) is -0.400. The first-order chi connectivity index (χ1) is 9.56. The zero-order chi connectivity index (χ0) is 14.6. The third kappa shape index (κ3) is 4.19. The minimum Gasteiger partial charge on any atom is -0.389 e. The molecule has 0 aliphatic heterocycles. The van der Waals surface area contributed by atoms with Gasteiger partial charge in [0.05, 0.1) is 5.60 Å². The van der Waals surface area contributed by atoms with Crippen LogP contribution < -0.4 is 5.32 Å². The lowest BCUT2D eigenvalue weighted by Gasteiger charge is -2.39. The molecule has 0 bridgehead atoms.